The molecule has 1 N–H and O–H groups in total. The van der Waals surface area contributed by atoms with E-state index in [9.17, 15) is 9.65 Å². The lowest BCUT2D eigenvalue weighted by molar-refractivity contribution is 0.626. The largest absolute Gasteiger partial charge is 0.342 e. The van der Waals surface area contributed by atoms with Crippen LogP contribution in [-0.2, 0) is 6.54 Å². The van der Waals surface area contributed by atoms with E-state index in [4.69, 9.17) is 11.6 Å². The number of imidazole rings is 1. The summed E-state index contributed by atoms with van der Waals surface area (Å²) in [5, 5.41) is 11.3. The third kappa shape index (κ3) is 3.90. The number of H-pyrrole nitrogens is 1. The molecule has 0 spiro atoms. The lowest BCUT2D eigenvalue weighted by atomic mass is 10.1. The van der Waals surface area contributed by atoms with E-state index >= 15 is 0 Å². The van der Waals surface area contributed by atoms with Gasteiger partial charge in [-0.1, -0.05) is 35.9 Å². The maximum Gasteiger partial charge on any atom is 0.149 e. The van der Waals surface area contributed by atoms with Crippen LogP contribution in [0.3, 0.4) is 0 Å². The number of para-hydroxylation sites is 1. The molecule has 5 aromatic rings. The standard InChI is InChI=1S/C27H20ClFN4/c1-16-9-24-25(10-17(16)2)32-27(31-24)19(13-30)11-20-15-33(26-6-4-3-5-22(20)26)14-18-7-8-21(29)12-23(18)28/h3-12,15H,14H2,1-2H3,(H,31,32)/b19-11-. The molecule has 0 bridgehead atoms. The molecule has 0 saturated carbocycles. The number of hydrogen-bond donors (Lipinski definition) is 1. The fourth-order valence-electron chi connectivity index (χ4n) is 4.06. The second-order valence-electron chi connectivity index (χ2n) is 8.17. The second-order valence-corrected chi connectivity index (χ2v) is 8.58. The van der Waals surface area contributed by atoms with Gasteiger partial charge in [-0.05, 0) is 66.9 Å². The maximum absolute atomic E-state index is 13.5. The fraction of sp³-hybridized carbons (Fsp3) is 0.111. The van der Waals surface area contributed by atoms with Crippen molar-refractivity contribution < 1.29 is 4.39 Å². The average Bonchev–Trinajstić information content (AvgIpc) is 3.35. The number of rotatable bonds is 4. The lowest BCUT2D eigenvalue weighted by Gasteiger charge is -2.07. The summed E-state index contributed by atoms with van der Waals surface area (Å²) in [5.41, 5.74) is 7.23. The Kier molecular flexibility index (Phi) is 5.24. The van der Waals surface area contributed by atoms with Crippen LogP contribution in [0.5, 0.6) is 0 Å². The van der Waals surface area contributed by atoms with Crippen LogP contribution in [0.25, 0.3) is 33.6 Å². The molecule has 5 rings (SSSR count). The minimum Gasteiger partial charge on any atom is -0.342 e. The van der Waals surface area contributed by atoms with Gasteiger partial charge in [0.15, 0.2) is 0 Å². The van der Waals surface area contributed by atoms with E-state index in [2.05, 4.69) is 33.6 Å². The number of aryl methyl sites for hydroxylation is 2. The smallest absolute Gasteiger partial charge is 0.149 e. The molecule has 0 amide bonds. The topological polar surface area (TPSA) is 57.4 Å². The van der Waals surface area contributed by atoms with Crippen molar-refractivity contribution in [3.63, 3.8) is 0 Å². The minimum atomic E-state index is -0.361. The first-order valence-electron chi connectivity index (χ1n) is 10.5. The molecule has 6 heteroatoms. The van der Waals surface area contributed by atoms with Gasteiger partial charge in [-0.3, -0.25) is 0 Å². The van der Waals surface area contributed by atoms with E-state index in [1.54, 1.807) is 6.07 Å². The molecule has 3 aromatic carbocycles. The summed E-state index contributed by atoms with van der Waals surface area (Å²) in [6.07, 6.45) is 3.83. The summed E-state index contributed by atoms with van der Waals surface area (Å²) in [7, 11) is 0. The first-order chi connectivity index (χ1) is 15.9. The van der Waals surface area contributed by atoms with Gasteiger partial charge in [-0.25, -0.2) is 9.37 Å². The molecule has 4 nitrogen and oxygen atoms in total. The molecule has 33 heavy (non-hydrogen) atoms. The summed E-state index contributed by atoms with van der Waals surface area (Å²) in [4.78, 5) is 7.93. The van der Waals surface area contributed by atoms with Crippen molar-refractivity contribution in [1.29, 1.82) is 5.26 Å². The van der Waals surface area contributed by atoms with Gasteiger partial charge in [0.25, 0.3) is 0 Å². The van der Waals surface area contributed by atoms with Gasteiger partial charge in [0.2, 0.25) is 0 Å². The molecule has 2 aromatic heterocycles. The normalized spacial score (nSPS) is 11.9. The molecule has 0 radical (unpaired) electrons. The van der Waals surface area contributed by atoms with Gasteiger partial charge < -0.3 is 9.55 Å². The molecule has 0 fully saturated rings. The number of aromatic nitrogens is 3. The monoisotopic (exact) mass is 454 g/mol. The summed E-state index contributed by atoms with van der Waals surface area (Å²) < 4.78 is 15.5. The van der Waals surface area contributed by atoms with E-state index in [0.29, 0.717) is 23.0 Å². The number of hydrogen-bond acceptors (Lipinski definition) is 2. The molecule has 0 aliphatic heterocycles. The van der Waals surface area contributed by atoms with Gasteiger partial charge in [0, 0.05) is 34.2 Å². The van der Waals surface area contributed by atoms with Gasteiger partial charge in [0.05, 0.1) is 16.6 Å². The Morgan fingerprint density at radius 2 is 1.94 bits per heavy atom. The molecule has 0 aliphatic rings. The van der Waals surface area contributed by atoms with Crippen molar-refractivity contribution in [2.24, 2.45) is 0 Å². The van der Waals surface area contributed by atoms with E-state index in [1.807, 2.05) is 49.5 Å². The van der Waals surface area contributed by atoms with Crippen LogP contribution in [0, 0.1) is 31.0 Å². The molecule has 162 valence electrons. The van der Waals surface area contributed by atoms with Gasteiger partial charge in [-0.2, -0.15) is 5.26 Å². The molecular weight excluding hydrogens is 435 g/mol. The minimum absolute atomic E-state index is 0.361. The summed E-state index contributed by atoms with van der Waals surface area (Å²) in [5.74, 6) is 0.176. The molecule has 0 atom stereocenters. The third-order valence-corrected chi connectivity index (χ3v) is 6.30. The Morgan fingerprint density at radius 1 is 1.15 bits per heavy atom. The summed E-state index contributed by atoms with van der Waals surface area (Å²) in [6.45, 7) is 4.59. The molecule has 0 saturated heterocycles. The van der Waals surface area contributed by atoms with Crippen LogP contribution in [0.2, 0.25) is 5.02 Å². The highest BCUT2D eigenvalue weighted by Gasteiger charge is 2.13. The summed E-state index contributed by atoms with van der Waals surface area (Å²) >= 11 is 6.26. The van der Waals surface area contributed by atoms with Gasteiger partial charge in [-0.15, -0.1) is 0 Å². The van der Waals surface area contributed by atoms with Crippen molar-refractivity contribution in [2.75, 3.05) is 0 Å². The highest BCUT2D eigenvalue weighted by molar-refractivity contribution is 6.31. The van der Waals surface area contributed by atoms with Crippen LogP contribution in [0.15, 0.2) is 60.8 Å². The van der Waals surface area contributed by atoms with Crippen molar-refractivity contribution in [1.82, 2.24) is 14.5 Å². The van der Waals surface area contributed by atoms with E-state index in [-0.39, 0.29) is 5.82 Å². The van der Waals surface area contributed by atoms with Crippen molar-refractivity contribution in [2.45, 2.75) is 20.4 Å². The predicted octanol–water partition coefficient (Wildman–Crippen LogP) is 7.04. The van der Waals surface area contributed by atoms with Crippen LogP contribution in [0.1, 0.15) is 28.1 Å². The van der Waals surface area contributed by atoms with Gasteiger partial charge >= 0.3 is 0 Å². The van der Waals surface area contributed by atoms with Gasteiger partial charge in [0.1, 0.15) is 17.7 Å². The molecule has 2 heterocycles. The zero-order chi connectivity index (χ0) is 23.1. The quantitative estimate of drug-likeness (QED) is 0.296. The molecular formula is C27H20ClFN4. The number of benzene rings is 3. The highest BCUT2D eigenvalue weighted by atomic mass is 35.5. The molecule has 0 aliphatic carbocycles. The predicted molar refractivity (Wildman–Crippen MR) is 132 cm³/mol. The number of nitrogens with zero attached hydrogens (tertiary/aromatic N) is 3. The SMILES string of the molecule is Cc1cc2nc(/C(C#N)=C\c3cn(Cc4ccc(F)cc4Cl)c4ccccc34)[nH]c2cc1C. The Balaban J connectivity index is 1.60. The Bertz CT molecular complexity index is 1560. The van der Waals surface area contributed by atoms with E-state index < -0.39 is 0 Å². The van der Waals surface area contributed by atoms with E-state index in [0.717, 1.165) is 38.6 Å². The fourth-order valence-corrected chi connectivity index (χ4v) is 4.29. The first kappa shape index (κ1) is 21.0. The number of aromatic amines is 1. The van der Waals surface area contributed by atoms with Crippen LogP contribution < -0.4 is 0 Å². The van der Waals surface area contributed by atoms with E-state index in [1.165, 1.54) is 17.7 Å². The third-order valence-electron chi connectivity index (χ3n) is 5.95. The zero-order valence-corrected chi connectivity index (χ0v) is 18.9. The summed E-state index contributed by atoms with van der Waals surface area (Å²) in [6, 6.07) is 18.8. The zero-order valence-electron chi connectivity index (χ0n) is 18.2. The number of nitrogens with one attached hydrogen (secondary N) is 1. The Hall–Kier alpha value is -3.88. The van der Waals surface area contributed by atoms with Crippen molar-refractivity contribution in [3.05, 3.63) is 99.7 Å². The Morgan fingerprint density at radius 3 is 2.73 bits per heavy atom. The van der Waals surface area contributed by atoms with Crippen LogP contribution >= 0.6 is 11.6 Å². The number of halogens is 2. The second kappa shape index (κ2) is 8.23. The number of fused-ring (bicyclic) bond motifs is 2. The van der Waals surface area contributed by atoms with Crippen LogP contribution in [0.4, 0.5) is 4.39 Å². The van der Waals surface area contributed by atoms with Crippen molar-refractivity contribution in [3.8, 4) is 6.07 Å². The number of allylic oxidation sites excluding steroid dienone is 1. The highest BCUT2D eigenvalue weighted by Crippen LogP contribution is 2.28. The maximum atomic E-state index is 13.5. The first-order valence-corrected chi connectivity index (χ1v) is 10.9. The number of nitriles is 1. The lowest BCUT2D eigenvalue weighted by Crippen LogP contribution is -1.99. The molecule has 0 unspecified atom stereocenters. The average molecular weight is 455 g/mol. The van der Waals surface area contributed by atoms with Crippen LogP contribution in [-0.4, -0.2) is 14.5 Å². The van der Waals surface area contributed by atoms with Crippen molar-refractivity contribution >= 4 is 45.2 Å². The Labute approximate surface area is 195 Å².